The molecule has 0 radical (unpaired) electrons. The molecule has 2 N–H and O–H groups in total. The second-order valence-electron chi connectivity index (χ2n) is 6.45. The zero-order chi connectivity index (χ0) is 14.6. The molecule has 0 spiro atoms. The first-order valence-corrected chi connectivity index (χ1v) is 7.71. The molecule has 1 saturated carbocycles. The van der Waals surface area contributed by atoms with Crippen molar-refractivity contribution >= 4 is 0 Å². The van der Waals surface area contributed by atoms with Gasteiger partial charge in [0.05, 0.1) is 0 Å². The fourth-order valence-electron chi connectivity index (χ4n) is 3.38. The van der Waals surface area contributed by atoms with E-state index >= 15 is 0 Å². The van der Waals surface area contributed by atoms with Crippen LogP contribution in [-0.4, -0.2) is 24.0 Å². The highest BCUT2D eigenvalue weighted by molar-refractivity contribution is 5.16. The number of rotatable bonds is 4. The number of hydrogen-bond acceptors (Lipinski definition) is 2. The molecule has 2 atom stereocenters. The number of hydrogen-bond donors (Lipinski definition) is 1. The summed E-state index contributed by atoms with van der Waals surface area (Å²) in [6.45, 7) is 3.79. The monoisotopic (exact) mass is 278 g/mol. The van der Waals surface area contributed by atoms with Crippen LogP contribution in [0.2, 0.25) is 0 Å². The highest BCUT2D eigenvalue weighted by atomic mass is 19.1. The van der Waals surface area contributed by atoms with Gasteiger partial charge >= 0.3 is 0 Å². The Labute approximate surface area is 122 Å². The van der Waals surface area contributed by atoms with Crippen molar-refractivity contribution in [3.8, 4) is 0 Å². The van der Waals surface area contributed by atoms with Crippen LogP contribution in [0, 0.1) is 11.7 Å². The number of halogens is 1. The number of benzene rings is 1. The Hall–Kier alpha value is -0.930. The van der Waals surface area contributed by atoms with Gasteiger partial charge in [0.1, 0.15) is 5.82 Å². The Morgan fingerprint density at radius 3 is 2.85 bits per heavy atom. The smallest absolute Gasteiger partial charge is 0.123 e. The summed E-state index contributed by atoms with van der Waals surface area (Å²) in [6.07, 6.45) is 6.09. The van der Waals surface area contributed by atoms with E-state index in [0.29, 0.717) is 6.54 Å². The van der Waals surface area contributed by atoms with Gasteiger partial charge in [-0.2, -0.15) is 0 Å². The summed E-state index contributed by atoms with van der Waals surface area (Å²) in [5.74, 6) is 0.637. The van der Waals surface area contributed by atoms with E-state index in [4.69, 9.17) is 5.73 Å². The van der Waals surface area contributed by atoms with E-state index in [0.717, 1.165) is 30.9 Å². The molecule has 20 heavy (non-hydrogen) atoms. The predicted octanol–water partition coefficient (Wildman–Crippen LogP) is 3.56. The van der Waals surface area contributed by atoms with Gasteiger partial charge in [0.2, 0.25) is 0 Å². The van der Waals surface area contributed by atoms with Crippen LogP contribution in [0.1, 0.15) is 44.6 Å². The SMILES string of the molecule is CC1CCCC(CN)(N(C)Cc2cccc(F)c2)CC1. The molecule has 1 fully saturated rings. The molecule has 2 nitrogen and oxygen atoms in total. The van der Waals surface area contributed by atoms with Gasteiger partial charge in [-0.15, -0.1) is 0 Å². The van der Waals surface area contributed by atoms with Crippen molar-refractivity contribution in [2.45, 2.75) is 51.1 Å². The fraction of sp³-hybridized carbons (Fsp3) is 0.647. The summed E-state index contributed by atoms with van der Waals surface area (Å²) in [5.41, 5.74) is 7.23. The fourth-order valence-corrected chi connectivity index (χ4v) is 3.38. The summed E-state index contributed by atoms with van der Waals surface area (Å²) in [4.78, 5) is 2.35. The van der Waals surface area contributed by atoms with Crippen molar-refractivity contribution in [3.63, 3.8) is 0 Å². The molecule has 1 aromatic carbocycles. The summed E-state index contributed by atoms with van der Waals surface area (Å²) >= 11 is 0. The van der Waals surface area contributed by atoms with E-state index in [1.807, 2.05) is 6.07 Å². The minimum absolute atomic E-state index is 0.0804. The van der Waals surface area contributed by atoms with Gasteiger partial charge in [-0.25, -0.2) is 4.39 Å². The Bertz CT molecular complexity index is 435. The summed E-state index contributed by atoms with van der Waals surface area (Å²) in [6, 6.07) is 6.89. The van der Waals surface area contributed by atoms with E-state index < -0.39 is 0 Å². The van der Waals surface area contributed by atoms with Gasteiger partial charge in [-0.05, 0) is 49.9 Å². The van der Waals surface area contributed by atoms with Crippen LogP contribution in [0.15, 0.2) is 24.3 Å². The molecular formula is C17H27FN2. The van der Waals surface area contributed by atoms with Crippen molar-refractivity contribution < 1.29 is 4.39 Å². The van der Waals surface area contributed by atoms with Crippen molar-refractivity contribution in [1.82, 2.24) is 4.90 Å². The molecule has 112 valence electrons. The normalized spacial score (nSPS) is 27.6. The first-order valence-electron chi connectivity index (χ1n) is 7.71. The third kappa shape index (κ3) is 3.58. The maximum atomic E-state index is 13.3. The maximum Gasteiger partial charge on any atom is 0.123 e. The predicted molar refractivity (Wildman–Crippen MR) is 81.9 cm³/mol. The molecule has 2 unspecified atom stereocenters. The van der Waals surface area contributed by atoms with Crippen LogP contribution < -0.4 is 5.73 Å². The molecule has 3 heteroatoms. The molecule has 1 aliphatic carbocycles. The molecule has 0 heterocycles. The first-order chi connectivity index (χ1) is 9.55. The second-order valence-corrected chi connectivity index (χ2v) is 6.45. The van der Waals surface area contributed by atoms with Gasteiger partial charge < -0.3 is 5.73 Å². The molecular weight excluding hydrogens is 251 g/mol. The van der Waals surface area contributed by atoms with E-state index in [2.05, 4.69) is 18.9 Å². The van der Waals surface area contributed by atoms with E-state index in [-0.39, 0.29) is 11.4 Å². The Balaban J connectivity index is 2.09. The van der Waals surface area contributed by atoms with Crippen LogP contribution in [0.3, 0.4) is 0 Å². The zero-order valence-corrected chi connectivity index (χ0v) is 12.7. The van der Waals surface area contributed by atoms with E-state index in [1.54, 1.807) is 12.1 Å². The standard InChI is InChI=1S/C17H27FN2/c1-14-5-4-9-17(13-19,10-8-14)20(2)12-15-6-3-7-16(18)11-15/h3,6-7,11,14H,4-5,8-10,12-13,19H2,1-2H3. The van der Waals surface area contributed by atoms with Crippen molar-refractivity contribution in [1.29, 1.82) is 0 Å². The van der Waals surface area contributed by atoms with Gasteiger partial charge in [-0.3, -0.25) is 4.90 Å². The Kier molecular flexibility index (Phi) is 5.17. The minimum Gasteiger partial charge on any atom is -0.329 e. The van der Waals surface area contributed by atoms with E-state index in [9.17, 15) is 4.39 Å². The highest BCUT2D eigenvalue weighted by Gasteiger charge is 2.34. The molecule has 0 bridgehead atoms. The van der Waals surface area contributed by atoms with Gasteiger partial charge in [0.15, 0.2) is 0 Å². The summed E-state index contributed by atoms with van der Waals surface area (Å²) < 4.78 is 13.3. The average Bonchev–Trinajstić information content (AvgIpc) is 2.61. The van der Waals surface area contributed by atoms with Gasteiger partial charge in [0, 0.05) is 18.6 Å². The molecule has 0 aromatic heterocycles. The van der Waals surface area contributed by atoms with Crippen molar-refractivity contribution in [3.05, 3.63) is 35.6 Å². The Morgan fingerprint density at radius 2 is 2.15 bits per heavy atom. The number of likely N-dealkylation sites (N-methyl/N-ethyl adjacent to an activating group) is 1. The van der Waals surface area contributed by atoms with Crippen LogP contribution in [0.5, 0.6) is 0 Å². The van der Waals surface area contributed by atoms with Gasteiger partial charge in [-0.1, -0.05) is 31.9 Å². The van der Waals surface area contributed by atoms with E-state index in [1.165, 1.54) is 25.3 Å². The molecule has 2 rings (SSSR count). The van der Waals surface area contributed by atoms with Crippen LogP contribution in [0.4, 0.5) is 4.39 Å². The van der Waals surface area contributed by atoms with Crippen molar-refractivity contribution in [2.24, 2.45) is 11.7 Å². The Morgan fingerprint density at radius 1 is 1.35 bits per heavy atom. The lowest BCUT2D eigenvalue weighted by Gasteiger charge is -2.41. The lowest BCUT2D eigenvalue weighted by Crippen LogP contribution is -2.51. The lowest BCUT2D eigenvalue weighted by molar-refractivity contribution is 0.0986. The van der Waals surface area contributed by atoms with Crippen LogP contribution >= 0.6 is 0 Å². The largest absolute Gasteiger partial charge is 0.329 e. The van der Waals surface area contributed by atoms with Crippen molar-refractivity contribution in [2.75, 3.05) is 13.6 Å². The molecule has 0 aliphatic heterocycles. The third-order valence-electron chi connectivity index (χ3n) is 4.94. The van der Waals surface area contributed by atoms with Gasteiger partial charge in [0.25, 0.3) is 0 Å². The molecule has 1 aromatic rings. The lowest BCUT2D eigenvalue weighted by atomic mass is 9.87. The average molecular weight is 278 g/mol. The number of nitrogens with zero attached hydrogens (tertiary/aromatic N) is 1. The zero-order valence-electron chi connectivity index (χ0n) is 12.7. The van der Waals surface area contributed by atoms with Crippen LogP contribution in [-0.2, 0) is 6.54 Å². The maximum absolute atomic E-state index is 13.3. The molecule has 0 amide bonds. The topological polar surface area (TPSA) is 29.3 Å². The highest BCUT2D eigenvalue weighted by Crippen LogP contribution is 2.34. The summed E-state index contributed by atoms with van der Waals surface area (Å²) in [7, 11) is 2.13. The minimum atomic E-state index is -0.160. The van der Waals surface area contributed by atoms with Crippen LogP contribution in [0.25, 0.3) is 0 Å². The molecule has 0 saturated heterocycles. The number of nitrogens with two attached hydrogens (primary N) is 1. The first kappa shape index (κ1) is 15.5. The third-order valence-corrected chi connectivity index (χ3v) is 4.94. The summed E-state index contributed by atoms with van der Waals surface area (Å²) in [5, 5.41) is 0. The quantitative estimate of drug-likeness (QED) is 0.853. The molecule has 1 aliphatic rings. The second kappa shape index (κ2) is 6.68.